The van der Waals surface area contributed by atoms with Crippen LogP contribution in [0, 0.1) is 25.2 Å². The summed E-state index contributed by atoms with van der Waals surface area (Å²) in [6.45, 7) is 3.49. The third-order valence-corrected chi connectivity index (χ3v) is 4.51. The van der Waals surface area contributed by atoms with Crippen molar-refractivity contribution in [2.45, 2.75) is 20.4 Å². The molecule has 9 heteroatoms. The summed E-state index contributed by atoms with van der Waals surface area (Å²) in [4.78, 5) is 26.9. The third-order valence-electron chi connectivity index (χ3n) is 4.30. The molecule has 0 atom stereocenters. The summed E-state index contributed by atoms with van der Waals surface area (Å²) in [6, 6.07) is 7.07. The number of hydrogen-bond donors (Lipinski definition) is 2. The molecule has 3 heterocycles. The maximum Gasteiger partial charge on any atom is 0.355 e. The number of nitriles is 1. The number of halogens is 1. The second-order valence-corrected chi connectivity index (χ2v) is 6.50. The highest BCUT2D eigenvalue weighted by molar-refractivity contribution is 6.30. The zero-order valence-electron chi connectivity index (χ0n) is 15.2. The molecule has 3 rings (SSSR count). The number of nitrogens with one attached hydrogen (secondary N) is 2. The lowest BCUT2D eigenvalue weighted by Crippen LogP contribution is -2.23. The fraction of sp³-hybridized carbons (Fsp3) is 0.211. The number of anilines is 1. The van der Waals surface area contributed by atoms with Crippen LogP contribution < -0.4 is 5.32 Å². The van der Waals surface area contributed by atoms with E-state index in [-0.39, 0.29) is 5.69 Å². The topological polar surface area (TPSA) is 113 Å². The molecule has 144 valence electrons. The van der Waals surface area contributed by atoms with Crippen LogP contribution in [0.3, 0.4) is 0 Å². The van der Waals surface area contributed by atoms with E-state index in [1.54, 1.807) is 29.9 Å². The first-order valence-electron chi connectivity index (χ1n) is 8.33. The smallest absolute Gasteiger partial charge is 0.355 e. The molecule has 2 N–H and O–H groups in total. The van der Waals surface area contributed by atoms with E-state index >= 15 is 0 Å². The van der Waals surface area contributed by atoms with Crippen LogP contribution in [-0.4, -0.2) is 28.0 Å². The summed E-state index contributed by atoms with van der Waals surface area (Å²) >= 11 is 5.74. The van der Waals surface area contributed by atoms with Crippen LogP contribution in [0.1, 0.15) is 33.1 Å². The molecule has 0 aliphatic carbocycles. The van der Waals surface area contributed by atoms with E-state index in [4.69, 9.17) is 20.8 Å². The predicted octanol–water partition coefficient (Wildman–Crippen LogP) is 3.39. The van der Waals surface area contributed by atoms with Crippen molar-refractivity contribution < 1.29 is 18.7 Å². The second kappa shape index (κ2) is 8.06. The molecule has 0 saturated carbocycles. The lowest BCUT2D eigenvalue weighted by Gasteiger charge is -2.12. The Morgan fingerprint density at radius 3 is 2.82 bits per heavy atom. The minimum Gasteiger partial charge on any atom is -0.467 e. The van der Waals surface area contributed by atoms with Crippen molar-refractivity contribution in [2.75, 3.05) is 11.9 Å². The lowest BCUT2D eigenvalue weighted by molar-refractivity contribution is -0.119. The number of esters is 1. The number of carbonyl (C=O) groups excluding carboxylic acids is 2. The fourth-order valence-electron chi connectivity index (χ4n) is 2.75. The molecule has 28 heavy (non-hydrogen) atoms. The molecule has 0 unspecified atom stereocenters. The minimum atomic E-state index is -0.708. The number of carbonyl (C=O) groups is 2. The number of nitrogens with zero attached hydrogens (tertiary/aromatic N) is 2. The number of amides is 1. The number of hydrogen-bond acceptors (Lipinski definition) is 5. The summed E-state index contributed by atoms with van der Waals surface area (Å²) in [5.41, 5.74) is 2.06. The van der Waals surface area contributed by atoms with Gasteiger partial charge in [0.2, 0.25) is 0 Å². The summed E-state index contributed by atoms with van der Waals surface area (Å²) in [7, 11) is 0. The number of rotatable bonds is 6. The van der Waals surface area contributed by atoms with Crippen molar-refractivity contribution in [3.05, 3.63) is 64.0 Å². The van der Waals surface area contributed by atoms with Crippen molar-refractivity contribution in [3.8, 4) is 6.07 Å². The van der Waals surface area contributed by atoms with Crippen LogP contribution in [0.4, 0.5) is 5.82 Å². The lowest BCUT2D eigenvalue weighted by atomic mass is 10.2. The van der Waals surface area contributed by atoms with E-state index in [1.807, 2.05) is 6.92 Å². The Hall–Kier alpha value is -3.44. The highest BCUT2D eigenvalue weighted by atomic mass is 35.5. The van der Waals surface area contributed by atoms with Crippen LogP contribution in [0.15, 0.2) is 35.1 Å². The Kier molecular flexibility index (Phi) is 5.57. The highest BCUT2D eigenvalue weighted by Gasteiger charge is 2.21. The first-order valence-corrected chi connectivity index (χ1v) is 8.71. The van der Waals surface area contributed by atoms with Gasteiger partial charge in [-0.3, -0.25) is 4.79 Å². The summed E-state index contributed by atoms with van der Waals surface area (Å²) in [5.74, 6) is -0.271. The summed E-state index contributed by atoms with van der Waals surface area (Å²) < 4.78 is 12.1. The average Bonchev–Trinajstić information content (AvgIpc) is 3.38. The van der Waals surface area contributed by atoms with Gasteiger partial charge < -0.3 is 24.0 Å². The Morgan fingerprint density at radius 2 is 2.21 bits per heavy atom. The zero-order chi connectivity index (χ0) is 20.3. The summed E-state index contributed by atoms with van der Waals surface area (Å²) in [5, 5.41) is 12.5. The first kappa shape index (κ1) is 19.3. The van der Waals surface area contributed by atoms with E-state index in [0.29, 0.717) is 28.7 Å². The van der Waals surface area contributed by atoms with Crippen LogP contribution in [0.5, 0.6) is 0 Å². The first-order chi connectivity index (χ1) is 13.4. The van der Waals surface area contributed by atoms with Crippen molar-refractivity contribution in [1.82, 2.24) is 9.55 Å². The molecule has 0 spiro atoms. The van der Waals surface area contributed by atoms with Crippen molar-refractivity contribution in [3.63, 3.8) is 0 Å². The van der Waals surface area contributed by atoms with E-state index < -0.39 is 18.5 Å². The Labute approximate surface area is 165 Å². The van der Waals surface area contributed by atoms with Crippen molar-refractivity contribution in [2.24, 2.45) is 0 Å². The Balaban J connectivity index is 1.75. The van der Waals surface area contributed by atoms with Crippen LogP contribution >= 0.6 is 11.6 Å². The molecular weight excluding hydrogens is 384 g/mol. The third kappa shape index (κ3) is 3.94. The van der Waals surface area contributed by atoms with E-state index in [1.165, 1.54) is 12.3 Å². The molecule has 3 aromatic heterocycles. The largest absolute Gasteiger partial charge is 0.467 e. The molecule has 0 aliphatic heterocycles. The van der Waals surface area contributed by atoms with Gasteiger partial charge in [0.05, 0.1) is 23.4 Å². The standard InChI is InChI=1S/C19H17ClN4O4/c1-11-12(2)24(9-14-4-3-5-27-14)18(15(11)7-21)23-17(25)10-28-19(26)16-6-13(20)8-22-16/h3-6,8,22H,9-10H2,1-2H3,(H,23,25). The van der Waals surface area contributed by atoms with Crippen molar-refractivity contribution >= 4 is 29.3 Å². The average molecular weight is 401 g/mol. The highest BCUT2D eigenvalue weighted by Crippen LogP contribution is 2.27. The number of H-pyrrole nitrogens is 1. The van der Waals surface area contributed by atoms with Crippen LogP contribution in [-0.2, 0) is 16.1 Å². The maximum atomic E-state index is 12.3. The van der Waals surface area contributed by atoms with E-state index in [9.17, 15) is 14.9 Å². The van der Waals surface area contributed by atoms with Gasteiger partial charge in [-0.15, -0.1) is 0 Å². The molecule has 0 aromatic carbocycles. The molecule has 8 nitrogen and oxygen atoms in total. The van der Waals surface area contributed by atoms with Crippen LogP contribution in [0.2, 0.25) is 5.02 Å². The molecule has 0 bridgehead atoms. The Morgan fingerprint density at radius 1 is 1.43 bits per heavy atom. The zero-order valence-corrected chi connectivity index (χ0v) is 16.0. The molecule has 0 saturated heterocycles. The SMILES string of the molecule is Cc1c(C#N)c(NC(=O)COC(=O)c2cc(Cl)c[nH]2)n(Cc2ccco2)c1C. The Bertz CT molecular complexity index is 1060. The summed E-state index contributed by atoms with van der Waals surface area (Å²) in [6.07, 6.45) is 2.99. The second-order valence-electron chi connectivity index (χ2n) is 6.07. The predicted molar refractivity (Wildman–Crippen MR) is 101 cm³/mol. The van der Waals surface area contributed by atoms with Gasteiger partial charge in [-0.1, -0.05) is 11.6 Å². The van der Waals surface area contributed by atoms with Gasteiger partial charge >= 0.3 is 5.97 Å². The molecule has 0 fully saturated rings. The van der Waals surface area contributed by atoms with Gasteiger partial charge in [0, 0.05) is 11.9 Å². The normalized spacial score (nSPS) is 10.5. The van der Waals surface area contributed by atoms with Gasteiger partial charge in [-0.2, -0.15) is 5.26 Å². The van der Waals surface area contributed by atoms with Crippen LogP contribution in [0.25, 0.3) is 0 Å². The number of furan rings is 1. The number of aromatic nitrogens is 2. The molecule has 0 aliphatic rings. The van der Waals surface area contributed by atoms with Gasteiger partial charge in [0.15, 0.2) is 6.61 Å². The van der Waals surface area contributed by atoms with Crippen molar-refractivity contribution in [1.29, 1.82) is 5.26 Å². The number of aromatic amines is 1. The molecule has 3 aromatic rings. The molecular formula is C19H17ClN4O4. The quantitative estimate of drug-likeness (QED) is 0.615. The molecule has 0 radical (unpaired) electrons. The van der Waals surface area contributed by atoms with E-state index in [2.05, 4.69) is 16.4 Å². The van der Waals surface area contributed by atoms with Gasteiger partial charge in [-0.25, -0.2) is 4.79 Å². The molecule has 1 amide bonds. The van der Waals surface area contributed by atoms with Gasteiger partial charge in [0.25, 0.3) is 5.91 Å². The maximum absolute atomic E-state index is 12.3. The number of ether oxygens (including phenoxy) is 1. The van der Waals surface area contributed by atoms with Gasteiger partial charge in [0.1, 0.15) is 23.3 Å². The van der Waals surface area contributed by atoms with E-state index in [0.717, 1.165) is 11.3 Å². The monoisotopic (exact) mass is 400 g/mol. The van der Waals surface area contributed by atoms with Gasteiger partial charge in [-0.05, 0) is 37.6 Å². The fourth-order valence-corrected chi connectivity index (χ4v) is 2.91. The minimum absolute atomic E-state index is 0.142.